The van der Waals surface area contributed by atoms with Gasteiger partial charge in [0.05, 0.1) is 5.69 Å². The van der Waals surface area contributed by atoms with Crippen LogP contribution in [0.2, 0.25) is 0 Å². The lowest BCUT2D eigenvalue weighted by molar-refractivity contribution is 0.583. The third-order valence-electron chi connectivity index (χ3n) is 4.90. The SMILES string of the molecule is CC1Cc2cc(-c3cncc4ccccc34)cc(F)c2-n2cnnc21. The molecule has 25 heavy (non-hydrogen) atoms. The van der Waals surface area contributed by atoms with Crippen molar-refractivity contribution in [1.29, 1.82) is 0 Å². The summed E-state index contributed by atoms with van der Waals surface area (Å²) in [6.07, 6.45) is 5.97. The molecule has 4 aromatic rings. The Morgan fingerprint density at radius 2 is 2.04 bits per heavy atom. The molecule has 0 bridgehead atoms. The second-order valence-corrected chi connectivity index (χ2v) is 6.54. The number of aromatic nitrogens is 4. The molecule has 0 radical (unpaired) electrons. The summed E-state index contributed by atoms with van der Waals surface area (Å²) < 4.78 is 16.8. The van der Waals surface area contributed by atoms with Gasteiger partial charge in [-0.3, -0.25) is 9.55 Å². The van der Waals surface area contributed by atoms with E-state index in [0.29, 0.717) is 5.69 Å². The Balaban J connectivity index is 1.76. The van der Waals surface area contributed by atoms with E-state index in [2.05, 4.69) is 28.2 Å². The monoisotopic (exact) mass is 330 g/mol. The van der Waals surface area contributed by atoms with Gasteiger partial charge in [0.15, 0.2) is 0 Å². The Kier molecular flexibility index (Phi) is 2.98. The van der Waals surface area contributed by atoms with Crippen LogP contribution in [0.25, 0.3) is 27.6 Å². The van der Waals surface area contributed by atoms with E-state index in [1.807, 2.05) is 30.5 Å². The summed E-state index contributed by atoms with van der Waals surface area (Å²) in [5, 5.41) is 10.2. The quantitative estimate of drug-likeness (QED) is 0.523. The normalized spacial score (nSPS) is 15.8. The van der Waals surface area contributed by atoms with Crippen molar-refractivity contribution in [3.8, 4) is 16.8 Å². The third-order valence-corrected chi connectivity index (χ3v) is 4.90. The predicted molar refractivity (Wildman–Crippen MR) is 94.2 cm³/mol. The molecule has 0 saturated carbocycles. The van der Waals surface area contributed by atoms with Gasteiger partial charge in [0.25, 0.3) is 0 Å². The molecule has 1 unspecified atom stereocenters. The van der Waals surface area contributed by atoms with Gasteiger partial charge >= 0.3 is 0 Å². The Morgan fingerprint density at radius 1 is 1.16 bits per heavy atom. The van der Waals surface area contributed by atoms with Crippen LogP contribution in [0.5, 0.6) is 0 Å². The van der Waals surface area contributed by atoms with Gasteiger partial charge in [-0.05, 0) is 35.1 Å². The Hall–Kier alpha value is -3.08. The maximum atomic E-state index is 15.0. The van der Waals surface area contributed by atoms with Crippen LogP contribution in [0.3, 0.4) is 0 Å². The molecule has 1 aliphatic heterocycles. The number of rotatable bonds is 1. The predicted octanol–water partition coefficient (Wildman–Crippen LogP) is 4.28. The van der Waals surface area contributed by atoms with Crippen molar-refractivity contribution in [2.24, 2.45) is 0 Å². The number of fused-ring (bicyclic) bond motifs is 4. The highest BCUT2D eigenvalue weighted by atomic mass is 19.1. The number of halogens is 1. The molecular weight excluding hydrogens is 315 g/mol. The Bertz CT molecular complexity index is 1110. The molecule has 4 nitrogen and oxygen atoms in total. The second-order valence-electron chi connectivity index (χ2n) is 6.54. The molecule has 1 atom stereocenters. The summed E-state index contributed by atoms with van der Waals surface area (Å²) in [5.41, 5.74) is 3.34. The fourth-order valence-electron chi connectivity index (χ4n) is 3.76. The van der Waals surface area contributed by atoms with Crippen molar-refractivity contribution in [3.63, 3.8) is 0 Å². The summed E-state index contributed by atoms with van der Waals surface area (Å²) >= 11 is 0. The number of pyridine rings is 1. The molecule has 2 aromatic carbocycles. The maximum absolute atomic E-state index is 15.0. The minimum absolute atomic E-state index is 0.204. The van der Waals surface area contributed by atoms with E-state index < -0.39 is 0 Å². The first-order valence-electron chi connectivity index (χ1n) is 8.28. The summed E-state index contributed by atoms with van der Waals surface area (Å²) in [6, 6.07) is 11.7. The van der Waals surface area contributed by atoms with E-state index in [1.165, 1.54) is 0 Å². The van der Waals surface area contributed by atoms with E-state index in [0.717, 1.165) is 39.7 Å². The van der Waals surface area contributed by atoms with Gasteiger partial charge in [0.2, 0.25) is 0 Å². The van der Waals surface area contributed by atoms with Crippen LogP contribution >= 0.6 is 0 Å². The molecule has 5 rings (SSSR count). The average molecular weight is 330 g/mol. The number of hydrogen-bond acceptors (Lipinski definition) is 3. The van der Waals surface area contributed by atoms with Gasteiger partial charge in [0, 0.05) is 29.3 Å². The van der Waals surface area contributed by atoms with Gasteiger partial charge in [-0.1, -0.05) is 31.2 Å². The first kappa shape index (κ1) is 14.3. The molecule has 122 valence electrons. The van der Waals surface area contributed by atoms with Crippen LogP contribution in [0.4, 0.5) is 4.39 Å². The fraction of sp³-hybridized carbons (Fsp3) is 0.150. The minimum Gasteiger partial charge on any atom is -0.282 e. The van der Waals surface area contributed by atoms with Crippen LogP contribution in [-0.4, -0.2) is 19.7 Å². The van der Waals surface area contributed by atoms with Gasteiger partial charge in [-0.2, -0.15) is 0 Å². The van der Waals surface area contributed by atoms with Crippen LogP contribution in [-0.2, 0) is 6.42 Å². The lowest BCUT2D eigenvalue weighted by atomic mass is 9.91. The van der Waals surface area contributed by atoms with E-state index in [-0.39, 0.29) is 11.7 Å². The molecule has 0 aliphatic carbocycles. The first-order chi connectivity index (χ1) is 12.2. The molecule has 3 heterocycles. The zero-order valence-electron chi connectivity index (χ0n) is 13.6. The summed E-state index contributed by atoms with van der Waals surface area (Å²) in [4.78, 5) is 4.33. The first-order valence-corrected chi connectivity index (χ1v) is 8.28. The zero-order valence-corrected chi connectivity index (χ0v) is 13.6. The number of hydrogen-bond donors (Lipinski definition) is 0. The minimum atomic E-state index is -0.256. The third kappa shape index (κ3) is 2.09. The number of benzene rings is 2. The van der Waals surface area contributed by atoms with Gasteiger partial charge in [0.1, 0.15) is 18.0 Å². The van der Waals surface area contributed by atoms with E-state index in [9.17, 15) is 0 Å². The van der Waals surface area contributed by atoms with Crippen LogP contribution in [0.15, 0.2) is 55.1 Å². The Labute approximate surface area is 144 Å². The second kappa shape index (κ2) is 5.21. The van der Waals surface area contributed by atoms with Crippen LogP contribution in [0.1, 0.15) is 24.2 Å². The van der Waals surface area contributed by atoms with Crippen molar-refractivity contribution in [2.45, 2.75) is 19.3 Å². The van der Waals surface area contributed by atoms with E-state index >= 15 is 4.39 Å². The zero-order chi connectivity index (χ0) is 17.0. The summed E-state index contributed by atoms with van der Waals surface area (Å²) in [5.74, 6) is 0.759. The fourth-order valence-corrected chi connectivity index (χ4v) is 3.76. The van der Waals surface area contributed by atoms with Crippen molar-refractivity contribution >= 4 is 10.8 Å². The van der Waals surface area contributed by atoms with Gasteiger partial charge in [-0.25, -0.2) is 4.39 Å². The molecule has 2 aromatic heterocycles. The lowest BCUT2D eigenvalue weighted by Crippen LogP contribution is -2.17. The molecule has 1 aliphatic rings. The summed E-state index contributed by atoms with van der Waals surface area (Å²) in [7, 11) is 0. The Morgan fingerprint density at radius 3 is 2.96 bits per heavy atom. The highest BCUT2D eigenvalue weighted by molar-refractivity contribution is 5.96. The standard InChI is InChI=1S/C20H15FN4/c1-12-6-15-7-14(8-18(21)19(15)25-11-23-24-20(12)25)17-10-22-9-13-4-2-3-5-16(13)17/h2-5,7-12H,6H2,1H3. The lowest BCUT2D eigenvalue weighted by Gasteiger charge is -2.24. The van der Waals surface area contributed by atoms with Crippen molar-refractivity contribution < 1.29 is 4.39 Å². The van der Waals surface area contributed by atoms with Crippen molar-refractivity contribution in [2.75, 3.05) is 0 Å². The molecule has 0 amide bonds. The topological polar surface area (TPSA) is 43.6 Å². The molecule has 0 spiro atoms. The van der Waals surface area contributed by atoms with Gasteiger partial charge < -0.3 is 0 Å². The smallest absolute Gasteiger partial charge is 0.148 e. The molecule has 0 fully saturated rings. The van der Waals surface area contributed by atoms with E-state index in [1.54, 1.807) is 23.2 Å². The average Bonchev–Trinajstić information content (AvgIpc) is 3.11. The maximum Gasteiger partial charge on any atom is 0.148 e. The van der Waals surface area contributed by atoms with Crippen molar-refractivity contribution in [1.82, 2.24) is 19.7 Å². The molecule has 0 saturated heterocycles. The van der Waals surface area contributed by atoms with Gasteiger partial charge in [-0.15, -0.1) is 10.2 Å². The molecule has 5 heteroatoms. The van der Waals surface area contributed by atoms with Crippen molar-refractivity contribution in [3.05, 3.63) is 72.3 Å². The molecule has 0 N–H and O–H groups in total. The number of nitrogens with zero attached hydrogens (tertiary/aromatic N) is 4. The summed E-state index contributed by atoms with van der Waals surface area (Å²) in [6.45, 7) is 2.09. The highest BCUT2D eigenvalue weighted by Crippen LogP contribution is 2.36. The largest absolute Gasteiger partial charge is 0.282 e. The van der Waals surface area contributed by atoms with Crippen LogP contribution < -0.4 is 0 Å². The molecular formula is C20H15FN4. The van der Waals surface area contributed by atoms with E-state index in [4.69, 9.17) is 0 Å². The highest BCUT2D eigenvalue weighted by Gasteiger charge is 2.26. The van der Waals surface area contributed by atoms with Crippen LogP contribution in [0, 0.1) is 5.82 Å².